The van der Waals surface area contributed by atoms with E-state index in [9.17, 15) is 22.0 Å². The van der Waals surface area contributed by atoms with Crippen LogP contribution >= 0.6 is 12.2 Å². The Labute approximate surface area is 191 Å². The number of nitrogens with one attached hydrogen (secondary N) is 2. The van der Waals surface area contributed by atoms with Crippen LogP contribution in [0.2, 0.25) is 0 Å². The molecule has 6 nitrogen and oxygen atoms in total. The lowest BCUT2D eigenvalue weighted by Gasteiger charge is -2.18. The normalized spacial score (nSPS) is 11.2. The molecule has 3 aromatic rings. The Morgan fingerprint density at radius 3 is 2.45 bits per heavy atom. The SMILES string of the molecule is COc1ccc(CCNC(=S)Nc2ccn(C(F)(F)c3ccc(F)c(F)c3F)n2)cc1OC. The van der Waals surface area contributed by atoms with Crippen LogP contribution < -0.4 is 20.1 Å². The second-order valence-electron chi connectivity index (χ2n) is 6.73. The number of aromatic nitrogens is 2. The van der Waals surface area contributed by atoms with Gasteiger partial charge in [0.15, 0.2) is 39.9 Å². The Morgan fingerprint density at radius 1 is 1.03 bits per heavy atom. The lowest BCUT2D eigenvalue weighted by Crippen LogP contribution is -2.31. The highest BCUT2D eigenvalue weighted by Gasteiger charge is 2.39. The van der Waals surface area contributed by atoms with Crippen molar-refractivity contribution in [1.29, 1.82) is 0 Å². The van der Waals surface area contributed by atoms with Crippen molar-refractivity contribution >= 4 is 23.1 Å². The molecule has 0 radical (unpaired) electrons. The minimum absolute atomic E-state index is 0.0544. The summed E-state index contributed by atoms with van der Waals surface area (Å²) in [6.07, 6.45) is 1.43. The fraction of sp³-hybridized carbons (Fsp3) is 0.238. The molecule has 0 saturated heterocycles. The Hall–Kier alpha value is -3.41. The van der Waals surface area contributed by atoms with Crippen molar-refractivity contribution < 1.29 is 31.4 Å². The Morgan fingerprint density at radius 2 is 1.76 bits per heavy atom. The van der Waals surface area contributed by atoms with E-state index in [0.717, 1.165) is 11.8 Å². The zero-order valence-corrected chi connectivity index (χ0v) is 18.3. The summed E-state index contributed by atoms with van der Waals surface area (Å²) in [5.74, 6) is -4.42. The molecular weight excluding hydrogens is 467 g/mol. The van der Waals surface area contributed by atoms with E-state index in [1.54, 1.807) is 6.07 Å². The van der Waals surface area contributed by atoms with Gasteiger partial charge in [0.25, 0.3) is 0 Å². The maximum absolute atomic E-state index is 14.6. The predicted octanol–water partition coefficient (Wildman–Crippen LogP) is 4.44. The Kier molecular flexibility index (Phi) is 7.36. The summed E-state index contributed by atoms with van der Waals surface area (Å²) in [7, 11) is 3.07. The van der Waals surface area contributed by atoms with Gasteiger partial charge in [-0.15, -0.1) is 5.10 Å². The number of alkyl halides is 2. The summed E-state index contributed by atoms with van der Waals surface area (Å²) in [4.78, 5) is 0. The molecule has 0 fully saturated rings. The van der Waals surface area contributed by atoms with Gasteiger partial charge in [0.1, 0.15) is 0 Å². The first-order valence-corrected chi connectivity index (χ1v) is 9.92. The first-order valence-electron chi connectivity index (χ1n) is 9.51. The van der Waals surface area contributed by atoms with Crippen molar-refractivity contribution in [3.63, 3.8) is 0 Å². The van der Waals surface area contributed by atoms with E-state index in [1.165, 1.54) is 20.3 Å². The fourth-order valence-corrected chi connectivity index (χ4v) is 3.15. The van der Waals surface area contributed by atoms with E-state index in [-0.39, 0.29) is 15.6 Å². The smallest absolute Gasteiger partial charge is 0.373 e. The van der Waals surface area contributed by atoms with Crippen molar-refractivity contribution in [2.45, 2.75) is 12.5 Å². The first kappa shape index (κ1) is 24.2. The van der Waals surface area contributed by atoms with Crippen LogP contribution in [0.25, 0.3) is 0 Å². The van der Waals surface area contributed by atoms with Gasteiger partial charge in [-0.1, -0.05) is 6.07 Å². The van der Waals surface area contributed by atoms with Crippen LogP contribution in [0.15, 0.2) is 42.6 Å². The summed E-state index contributed by atoms with van der Waals surface area (Å²) in [5.41, 5.74) is -0.410. The van der Waals surface area contributed by atoms with Crippen LogP contribution in [-0.2, 0) is 12.5 Å². The lowest BCUT2D eigenvalue weighted by molar-refractivity contribution is -0.0516. The summed E-state index contributed by atoms with van der Waals surface area (Å²) < 4.78 is 80.0. The molecule has 1 heterocycles. The van der Waals surface area contributed by atoms with Crippen molar-refractivity contribution in [3.05, 3.63) is 71.2 Å². The van der Waals surface area contributed by atoms with Gasteiger partial charge in [0.2, 0.25) is 0 Å². The molecule has 0 saturated carbocycles. The van der Waals surface area contributed by atoms with Crippen molar-refractivity contribution in [3.8, 4) is 11.5 Å². The van der Waals surface area contributed by atoms with Gasteiger partial charge in [-0.25, -0.2) is 17.9 Å². The third-order valence-corrected chi connectivity index (χ3v) is 4.87. The van der Waals surface area contributed by atoms with E-state index in [2.05, 4.69) is 15.7 Å². The molecule has 0 atom stereocenters. The van der Waals surface area contributed by atoms with Gasteiger partial charge in [-0.3, -0.25) is 0 Å². The number of ether oxygens (including phenoxy) is 2. The van der Waals surface area contributed by atoms with Crippen molar-refractivity contribution in [1.82, 2.24) is 15.1 Å². The highest BCUT2D eigenvalue weighted by atomic mass is 32.1. The zero-order chi connectivity index (χ0) is 24.2. The third kappa shape index (κ3) is 5.33. The van der Waals surface area contributed by atoms with Crippen LogP contribution in [-0.4, -0.2) is 35.7 Å². The second kappa shape index (κ2) is 10.0. The molecule has 3 rings (SSSR count). The molecule has 0 spiro atoms. The van der Waals surface area contributed by atoms with Crippen LogP contribution in [0.5, 0.6) is 11.5 Å². The highest BCUT2D eigenvalue weighted by Crippen LogP contribution is 2.33. The summed E-state index contributed by atoms with van der Waals surface area (Å²) in [6.45, 7) is 0.415. The molecule has 0 amide bonds. The molecule has 2 aromatic carbocycles. The average Bonchev–Trinajstić information content (AvgIpc) is 3.26. The largest absolute Gasteiger partial charge is 0.493 e. The summed E-state index contributed by atoms with van der Waals surface area (Å²) in [6, 6.07) is 3.44. The monoisotopic (exact) mass is 486 g/mol. The molecule has 0 unspecified atom stereocenters. The summed E-state index contributed by atoms with van der Waals surface area (Å²) in [5, 5.41) is 9.27. The van der Waals surface area contributed by atoms with E-state index < -0.39 is 29.1 Å². The minimum Gasteiger partial charge on any atom is -0.493 e. The van der Waals surface area contributed by atoms with E-state index in [1.807, 2.05) is 12.1 Å². The molecule has 0 bridgehead atoms. The number of rotatable bonds is 8. The quantitative estimate of drug-likeness (QED) is 0.279. The molecule has 1 aromatic heterocycles. The molecule has 0 aliphatic rings. The average molecular weight is 486 g/mol. The molecule has 33 heavy (non-hydrogen) atoms. The minimum atomic E-state index is -4.07. The number of hydrogen-bond donors (Lipinski definition) is 2. The van der Waals surface area contributed by atoms with Gasteiger partial charge in [0, 0.05) is 18.8 Å². The number of nitrogens with zero attached hydrogens (tertiary/aromatic N) is 2. The van der Waals surface area contributed by atoms with Gasteiger partial charge in [-0.2, -0.15) is 8.78 Å². The molecule has 0 aliphatic carbocycles. The van der Waals surface area contributed by atoms with Crippen LogP contribution in [0.3, 0.4) is 0 Å². The van der Waals surface area contributed by atoms with Gasteiger partial charge in [-0.05, 0) is 48.5 Å². The van der Waals surface area contributed by atoms with E-state index >= 15 is 0 Å². The molecule has 0 aliphatic heterocycles. The van der Waals surface area contributed by atoms with Gasteiger partial charge in [0.05, 0.1) is 19.8 Å². The molecule has 12 heteroatoms. The van der Waals surface area contributed by atoms with Crippen LogP contribution in [0, 0.1) is 17.5 Å². The standard InChI is InChI=1S/C21H19F5N4O2S/c1-31-15-6-3-12(11-16(15)32-2)7-9-27-20(33)28-17-8-10-30(29-17)21(25,26)13-4-5-14(22)19(24)18(13)23/h3-6,8,10-11H,7,9H2,1-2H3,(H2,27,28,29,33). The number of methoxy groups -OCH3 is 2. The Bertz CT molecular complexity index is 1160. The number of halogens is 5. The van der Waals surface area contributed by atoms with Crippen LogP contribution in [0.1, 0.15) is 11.1 Å². The number of anilines is 1. The number of thiocarbonyl (C=S) groups is 1. The first-order chi connectivity index (χ1) is 15.7. The fourth-order valence-electron chi connectivity index (χ4n) is 2.95. The van der Waals surface area contributed by atoms with Gasteiger partial charge >= 0.3 is 6.05 Å². The lowest BCUT2D eigenvalue weighted by atomic mass is 10.1. The Balaban J connectivity index is 1.60. The molecule has 2 N–H and O–H groups in total. The van der Waals surface area contributed by atoms with Crippen molar-refractivity contribution in [2.24, 2.45) is 0 Å². The molecular formula is C21H19F5N4O2S. The van der Waals surface area contributed by atoms with E-state index in [4.69, 9.17) is 21.7 Å². The van der Waals surface area contributed by atoms with Crippen molar-refractivity contribution in [2.75, 3.05) is 26.1 Å². The van der Waals surface area contributed by atoms with Crippen LogP contribution in [0.4, 0.5) is 27.8 Å². The number of benzene rings is 2. The highest BCUT2D eigenvalue weighted by molar-refractivity contribution is 7.80. The zero-order valence-electron chi connectivity index (χ0n) is 17.5. The topological polar surface area (TPSA) is 60.3 Å². The van der Waals surface area contributed by atoms with Gasteiger partial charge < -0.3 is 20.1 Å². The maximum Gasteiger partial charge on any atom is 0.373 e. The second-order valence-corrected chi connectivity index (χ2v) is 7.14. The molecule has 176 valence electrons. The summed E-state index contributed by atoms with van der Waals surface area (Å²) >= 11 is 5.13. The van der Waals surface area contributed by atoms with E-state index in [0.29, 0.717) is 36.6 Å². The third-order valence-electron chi connectivity index (χ3n) is 4.62. The maximum atomic E-state index is 14.6. The predicted molar refractivity (Wildman–Crippen MR) is 115 cm³/mol. The number of hydrogen-bond acceptors (Lipinski definition) is 4.